The predicted octanol–water partition coefficient (Wildman–Crippen LogP) is 12.2. The first-order valence-corrected chi connectivity index (χ1v) is 16.2. The number of nitrogens with zero attached hydrogens (tertiary/aromatic N) is 2. The fraction of sp³-hybridized carbons (Fsp3) is 0. The lowest BCUT2D eigenvalue weighted by molar-refractivity contribution is 1.42. The van der Waals surface area contributed by atoms with Gasteiger partial charge in [-0.1, -0.05) is 146 Å². The summed E-state index contributed by atoms with van der Waals surface area (Å²) in [6.07, 6.45) is 0. The highest BCUT2D eigenvalue weighted by molar-refractivity contribution is 6.18. The van der Waals surface area contributed by atoms with Crippen molar-refractivity contribution in [2.24, 2.45) is 0 Å². The van der Waals surface area contributed by atoms with Crippen LogP contribution >= 0.6 is 0 Å². The van der Waals surface area contributed by atoms with Crippen molar-refractivity contribution in [2.45, 2.75) is 0 Å². The molecule has 0 saturated heterocycles. The summed E-state index contributed by atoms with van der Waals surface area (Å²) >= 11 is 0. The highest BCUT2D eigenvalue weighted by Crippen LogP contribution is 2.42. The third-order valence-corrected chi connectivity index (χ3v) is 9.51. The van der Waals surface area contributed by atoms with Crippen molar-refractivity contribution in [3.63, 3.8) is 0 Å². The summed E-state index contributed by atoms with van der Waals surface area (Å²) in [4.78, 5) is 5.46. The first-order valence-electron chi connectivity index (χ1n) is 16.2. The average Bonchev–Trinajstić information content (AvgIpc) is 3.17. The first kappa shape index (κ1) is 27.7. The molecule has 8 aromatic carbocycles. The molecule has 0 fully saturated rings. The molecule has 0 aliphatic heterocycles. The van der Waals surface area contributed by atoms with E-state index in [0.29, 0.717) is 5.56 Å². The summed E-state index contributed by atoms with van der Waals surface area (Å²) in [7, 11) is 0. The van der Waals surface area contributed by atoms with Crippen molar-refractivity contribution in [3.8, 4) is 50.7 Å². The maximum Gasteiger partial charge on any atom is 0.0991 e. The van der Waals surface area contributed by atoms with E-state index in [-0.39, 0.29) is 0 Å². The van der Waals surface area contributed by atoms with Crippen LogP contribution in [0.3, 0.4) is 0 Å². The summed E-state index contributed by atoms with van der Waals surface area (Å²) < 4.78 is 0. The highest BCUT2D eigenvalue weighted by Gasteiger charge is 2.18. The third kappa shape index (κ3) is 4.61. The number of fused-ring (bicyclic) bond motifs is 5. The zero-order valence-corrected chi connectivity index (χ0v) is 26.1. The van der Waals surface area contributed by atoms with E-state index >= 15 is 0 Å². The fourth-order valence-corrected chi connectivity index (χ4v) is 7.14. The number of hydrogen-bond donors (Lipinski definition) is 0. The van der Waals surface area contributed by atoms with E-state index in [1.54, 1.807) is 0 Å². The van der Waals surface area contributed by atoms with Crippen LogP contribution in [0, 0.1) is 11.3 Å². The van der Waals surface area contributed by atoms with Crippen molar-refractivity contribution < 1.29 is 0 Å². The lowest BCUT2D eigenvalue weighted by atomic mass is 9.89. The molecule has 0 bridgehead atoms. The zero-order valence-electron chi connectivity index (χ0n) is 26.1. The summed E-state index contributed by atoms with van der Waals surface area (Å²) in [5.41, 5.74) is 10.6. The predicted molar refractivity (Wildman–Crippen MR) is 201 cm³/mol. The van der Waals surface area contributed by atoms with Gasteiger partial charge < -0.3 is 0 Å². The Bertz CT molecular complexity index is 2700. The first-order chi connectivity index (χ1) is 23.7. The average molecular weight is 609 g/mol. The van der Waals surface area contributed by atoms with Gasteiger partial charge in [-0.25, -0.2) is 4.98 Å². The maximum absolute atomic E-state index is 9.27. The van der Waals surface area contributed by atoms with Crippen LogP contribution in [0.4, 0.5) is 0 Å². The molecule has 0 N–H and O–H groups in total. The Hall–Kier alpha value is -6.56. The van der Waals surface area contributed by atoms with Crippen LogP contribution in [0.2, 0.25) is 0 Å². The van der Waals surface area contributed by atoms with Gasteiger partial charge in [0.1, 0.15) is 0 Å². The van der Waals surface area contributed by atoms with Crippen LogP contribution in [-0.4, -0.2) is 4.98 Å². The Balaban J connectivity index is 1.34. The van der Waals surface area contributed by atoms with Gasteiger partial charge in [0.05, 0.1) is 22.8 Å². The lowest BCUT2D eigenvalue weighted by Gasteiger charge is -2.17. The van der Waals surface area contributed by atoms with Crippen molar-refractivity contribution in [1.82, 2.24) is 4.98 Å². The number of benzene rings is 8. The van der Waals surface area contributed by atoms with Crippen LogP contribution in [0.15, 0.2) is 170 Å². The Morgan fingerprint density at radius 2 is 0.896 bits per heavy atom. The van der Waals surface area contributed by atoms with E-state index in [9.17, 15) is 5.26 Å². The molecule has 1 heterocycles. The Morgan fingerprint density at radius 3 is 1.56 bits per heavy atom. The van der Waals surface area contributed by atoms with Crippen LogP contribution in [0.25, 0.3) is 87.9 Å². The number of aromatic nitrogens is 1. The van der Waals surface area contributed by atoms with Crippen molar-refractivity contribution in [2.75, 3.05) is 0 Å². The molecule has 2 nitrogen and oxygen atoms in total. The summed E-state index contributed by atoms with van der Waals surface area (Å²) in [6.45, 7) is 0. The fourth-order valence-electron chi connectivity index (χ4n) is 7.14. The van der Waals surface area contributed by atoms with Gasteiger partial charge in [-0.15, -0.1) is 0 Å². The minimum atomic E-state index is 0.661. The monoisotopic (exact) mass is 608 g/mol. The molecule has 0 aliphatic rings. The molecular formula is C46H28N2. The summed E-state index contributed by atoms with van der Waals surface area (Å²) in [6, 6.07) is 62.2. The van der Waals surface area contributed by atoms with Gasteiger partial charge in [0.2, 0.25) is 0 Å². The van der Waals surface area contributed by atoms with E-state index in [4.69, 9.17) is 4.98 Å². The number of rotatable bonds is 4. The third-order valence-electron chi connectivity index (χ3n) is 9.51. The van der Waals surface area contributed by atoms with E-state index in [0.717, 1.165) is 49.8 Å². The van der Waals surface area contributed by atoms with Crippen molar-refractivity contribution >= 4 is 43.2 Å². The molecule has 0 spiro atoms. The second-order valence-electron chi connectivity index (χ2n) is 12.2. The standard InChI is InChI=1S/C46H28N2/c47-29-30-19-21-31(22-20-30)32-23-25-35(26-24-32)42-28-45(40-18-8-12-34-10-2-4-14-37(34)40)48-46-41-16-6-5-15-39(41)43(27-44(42)46)38-17-7-11-33-9-1-3-13-36(33)38/h1-28H. The van der Waals surface area contributed by atoms with Gasteiger partial charge >= 0.3 is 0 Å². The maximum atomic E-state index is 9.27. The molecule has 48 heavy (non-hydrogen) atoms. The topological polar surface area (TPSA) is 36.7 Å². The molecule has 222 valence electrons. The normalized spacial score (nSPS) is 11.3. The number of pyridine rings is 1. The summed E-state index contributed by atoms with van der Waals surface area (Å²) in [5, 5.41) is 17.5. The minimum Gasteiger partial charge on any atom is -0.247 e. The van der Waals surface area contributed by atoms with Crippen LogP contribution in [-0.2, 0) is 0 Å². The van der Waals surface area contributed by atoms with Crippen LogP contribution in [0.5, 0.6) is 0 Å². The molecule has 0 aliphatic carbocycles. The molecule has 0 radical (unpaired) electrons. The van der Waals surface area contributed by atoms with Gasteiger partial charge in [-0.3, -0.25) is 0 Å². The lowest BCUT2D eigenvalue weighted by Crippen LogP contribution is -1.94. The Kier molecular flexibility index (Phi) is 6.56. The van der Waals surface area contributed by atoms with Gasteiger partial charge in [0.25, 0.3) is 0 Å². The van der Waals surface area contributed by atoms with Crippen molar-refractivity contribution in [1.29, 1.82) is 5.26 Å². The van der Waals surface area contributed by atoms with Gasteiger partial charge in [-0.2, -0.15) is 5.26 Å². The molecule has 0 amide bonds. The zero-order chi connectivity index (χ0) is 32.0. The molecule has 2 heteroatoms. The Labute approximate surface area is 278 Å². The second kappa shape index (κ2) is 11.4. The second-order valence-corrected chi connectivity index (χ2v) is 12.2. The van der Waals surface area contributed by atoms with E-state index in [2.05, 4.69) is 152 Å². The van der Waals surface area contributed by atoms with E-state index < -0.39 is 0 Å². The molecule has 0 unspecified atom stereocenters. The SMILES string of the molecule is N#Cc1ccc(-c2ccc(-c3cc(-c4cccc5ccccc45)nc4c3cc(-c3cccc5ccccc35)c3ccccc34)cc2)cc1. The van der Waals surface area contributed by atoms with Crippen molar-refractivity contribution in [3.05, 3.63) is 175 Å². The largest absolute Gasteiger partial charge is 0.247 e. The molecule has 0 saturated carbocycles. The molecule has 0 atom stereocenters. The molecule has 1 aromatic heterocycles. The molecule has 9 rings (SSSR count). The number of nitriles is 1. The minimum absolute atomic E-state index is 0.661. The smallest absolute Gasteiger partial charge is 0.0991 e. The van der Waals surface area contributed by atoms with Gasteiger partial charge in [-0.05, 0) is 84.6 Å². The number of hydrogen-bond acceptors (Lipinski definition) is 2. The quantitative estimate of drug-likeness (QED) is 0.186. The van der Waals surface area contributed by atoms with Crippen LogP contribution < -0.4 is 0 Å². The molecular weight excluding hydrogens is 581 g/mol. The Morgan fingerprint density at radius 1 is 0.375 bits per heavy atom. The van der Waals surface area contributed by atoms with E-state index in [1.807, 2.05) is 24.3 Å². The van der Waals surface area contributed by atoms with E-state index in [1.165, 1.54) is 38.1 Å². The summed E-state index contributed by atoms with van der Waals surface area (Å²) in [5.74, 6) is 0. The van der Waals surface area contributed by atoms with Gasteiger partial charge in [0.15, 0.2) is 0 Å². The van der Waals surface area contributed by atoms with Gasteiger partial charge in [0, 0.05) is 16.3 Å². The molecule has 9 aromatic rings. The van der Waals surface area contributed by atoms with Crippen LogP contribution in [0.1, 0.15) is 5.56 Å². The highest BCUT2D eigenvalue weighted by atomic mass is 14.7.